The first-order chi connectivity index (χ1) is 6.31. The standard InChI is InChI=1S/C10H8ClNO/c11-9-6-7(1-3-12)5-8-2-4-13-10(8)9/h5-6H,1-2,4H2. The van der Waals surface area contributed by atoms with Gasteiger partial charge in [-0.1, -0.05) is 17.7 Å². The SMILES string of the molecule is N#CCc1cc(Cl)c2c(c1)CCO2. The maximum absolute atomic E-state index is 8.53. The summed E-state index contributed by atoms with van der Waals surface area (Å²) in [7, 11) is 0. The van der Waals surface area contributed by atoms with Gasteiger partial charge in [0.05, 0.1) is 24.1 Å². The summed E-state index contributed by atoms with van der Waals surface area (Å²) in [5.74, 6) is 0.795. The normalized spacial score (nSPS) is 13.2. The van der Waals surface area contributed by atoms with Crippen molar-refractivity contribution in [1.29, 1.82) is 5.26 Å². The summed E-state index contributed by atoms with van der Waals surface area (Å²) in [6.45, 7) is 0.699. The van der Waals surface area contributed by atoms with Gasteiger partial charge >= 0.3 is 0 Å². The number of nitriles is 1. The predicted octanol–water partition coefficient (Wildman–Crippen LogP) is 2.34. The molecule has 1 heterocycles. The van der Waals surface area contributed by atoms with Crippen LogP contribution in [-0.2, 0) is 12.8 Å². The van der Waals surface area contributed by atoms with E-state index in [-0.39, 0.29) is 0 Å². The summed E-state index contributed by atoms with van der Waals surface area (Å²) in [4.78, 5) is 0. The Morgan fingerprint density at radius 2 is 2.38 bits per heavy atom. The Morgan fingerprint density at radius 1 is 1.54 bits per heavy atom. The molecule has 1 aromatic rings. The van der Waals surface area contributed by atoms with Crippen LogP contribution in [0.3, 0.4) is 0 Å². The van der Waals surface area contributed by atoms with Crippen LogP contribution in [0.15, 0.2) is 12.1 Å². The number of nitrogens with zero attached hydrogens (tertiary/aromatic N) is 1. The first kappa shape index (κ1) is 8.40. The number of benzene rings is 1. The molecule has 3 heteroatoms. The molecule has 0 radical (unpaired) electrons. The van der Waals surface area contributed by atoms with Gasteiger partial charge in [-0.3, -0.25) is 0 Å². The van der Waals surface area contributed by atoms with Crippen molar-refractivity contribution in [3.8, 4) is 11.8 Å². The summed E-state index contributed by atoms with van der Waals surface area (Å²) in [6, 6.07) is 5.90. The first-order valence-electron chi connectivity index (χ1n) is 4.12. The Bertz CT molecular complexity index is 381. The van der Waals surface area contributed by atoms with Crippen LogP contribution in [-0.4, -0.2) is 6.61 Å². The van der Waals surface area contributed by atoms with E-state index >= 15 is 0 Å². The molecule has 66 valence electrons. The van der Waals surface area contributed by atoms with Gasteiger partial charge in [-0.05, 0) is 17.2 Å². The number of fused-ring (bicyclic) bond motifs is 1. The van der Waals surface area contributed by atoms with Crippen molar-refractivity contribution in [3.63, 3.8) is 0 Å². The summed E-state index contributed by atoms with van der Waals surface area (Å²) in [5, 5.41) is 9.16. The maximum atomic E-state index is 8.53. The minimum atomic E-state index is 0.410. The van der Waals surface area contributed by atoms with Crippen LogP contribution in [0, 0.1) is 11.3 Å². The smallest absolute Gasteiger partial charge is 0.141 e. The fourth-order valence-electron chi connectivity index (χ4n) is 1.52. The van der Waals surface area contributed by atoms with E-state index in [1.807, 2.05) is 6.07 Å². The van der Waals surface area contributed by atoms with Crippen LogP contribution >= 0.6 is 11.6 Å². The van der Waals surface area contributed by atoms with Gasteiger partial charge in [0.15, 0.2) is 0 Å². The molecule has 0 saturated carbocycles. The monoisotopic (exact) mass is 193 g/mol. The van der Waals surface area contributed by atoms with Crippen molar-refractivity contribution < 1.29 is 4.74 Å². The highest BCUT2D eigenvalue weighted by Crippen LogP contribution is 2.34. The van der Waals surface area contributed by atoms with Gasteiger partial charge in [-0.15, -0.1) is 0 Å². The van der Waals surface area contributed by atoms with Crippen molar-refractivity contribution in [3.05, 3.63) is 28.3 Å². The lowest BCUT2D eigenvalue weighted by atomic mass is 10.1. The van der Waals surface area contributed by atoms with Crippen LogP contribution in [0.1, 0.15) is 11.1 Å². The van der Waals surface area contributed by atoms with E-state index in [2.05, 4.69) is 6.07 Å². The molecule has 0 amide bonds. The topological polar surface area (TPSA) is 33.0 Å². The first-order valence-corrected chi connectivity index (χ1v) is 4.50. The predicted molar refractivity (Wildman–Crippen MR) is 50.0 cm³/mol. The fourth-order valence-corrected chi connectivity index (χ4v) is 1.83. The number of rotatable bonds is 1. The van der Waals surface area contributed by atoms with E-state index in [1.165, 1.54) is 0 Å². The molecule has 0 fully saturated rings. The van der Waals surface area contributed by atoms with Crippen molar-refractivity contribution in [2.75, 3.05) is 6.61 Å². The lowest BCUT2D eigenvalue weighted by Crippen LogP contribution is -1.87. The van der Waals surface area contributed by atoms with Crippen LogP contribution in [0.25, 0.3) is 0 Å². The minimum Gasteiger partial charge on any atom is -0.491 e. The van der Waals surface area contributed by atoms with Crippen molar-refractivity contribution >= 4 is 11.6 Å². The molecule has 13 heavy (non-hydrogen) atoms. The highest BCUT2D eigenvalue weighted by molar-refractivity contribution is 6.32. The zero-order valence-corrected chi connectivity index (χ0v) is 7.77. The van der Waals surface area contributed by atoms with E-state index < -0.39 is 0 Å². The van der Waals surface area contributed by atoms with Crippen LogP contribution in [0.5, 0.6) is 5.75 Å². The molecular formula is C10H8ClNO. The van der Waals surface area contributed by atoms with Crippen LogP contribution < -0.4 is 4.74 Å². The quantitative estimate of drug-likeness (QED) is 0.686. The largest absolute Gasteiger partial charge is 0.491 e. The Hall–Kier alpha value is -1.20. The van der Waals surface area contributed by atoms with Gasteiger partial charge in [0, 0.05) is 6.42 Å². The fraction of sp³-hybridized carbons (Fsp3) is 0.300. The number of halogens is 1. The summed E-state index contributed by atoms with van der Waals surface area (Å²) >= 11 is 5.98. The van der Waals surface area contributed by atoms with E-state index in [0.717, 1.165) is 23.3 Å². The molecule has 0 unspecified atom stereocenters. The van der Waals surface area contributed by atoms with Crippen molar-refractivity contribution in [1.82, 2.24) is 0 Å². The van der Waals surface area contributed by atoms with E-state index in [4.69, 9.17) is 21.6 Å². The average Bonchev–Trinajstić information content (AvgIpc) is 2.53. The zero-order chi connectivity index (χ0) is 9.26. The van der Waals surface area contributed by atoms with Crippen LogP contribution in [0.2, 0.25) is 5.02 Å². The molecule has 2 nitrogen and oxygen atoms in total. The summed E-state index contributed by atoms with van der Waals surface area (Å²) < 4.78 is 5.35. The molecule has 0 bridgehead atoms. The van der Waals surface area contributed by atoms with Gasteiger partial charge in [-0.2, -0.15) is 5.26 Å². The van der Waals surface area contributed by atoms with Gasteiger partial charge in [0.2, 0.25) is 0 Å². The number of hydrogen-bond donors (Lipinski definition) is 0. The third-order valence-electron chi connectivity index (χ3n) is 2.08. The second kappa shape index (κ2) is 3.27. The Kier molecular flexibility index (Phi) is 2.12. The Balaban J connectivity index is 2.44. The third-order valence-corrected chi connectivity index (χ3v) is 2.36. The molecular weight excluding hydrogens is 186 g/mol. The van der Waals surface area contributed by atoms with E-state index in [9.17, 15) is 0 Å². The van der Waals surface area contributed by atoms with Gasteiger partial charge in [0.1, 0.15) is 5.75 Å². The molecule has 1 aliphatic rings. The van der Waals surface area contributed by atoms with Gasteiger partial charge in [0.25, 0.3) is 0 Å². The Labute approximate surface area is 81.7 Å². The third kappa shape index (κ3) is 1.48. The lowest BCUT2D eigenvalue weighted by Gasteiger charge is -2.03. The molecule has 0 N–H and O–H groups in total. The maximum Gasteiger partial charge on any atom is 0.141 e. The number of hydrogen-bond acceptors (Lipinski definition) is 2. The van der Waals surface area contributed by atoms with Crippen molar-refractivity contribution in [2.45, 2.75) is 12.8 Å². The highest BCUT2D eigenvalue weighted by atomic mass is 35.5. The van der Waals surface area contributed by atoms with E-state index in [0.29, 0.717) is 18.1 Å². The molecule has 1 aromatic carbocycles. The minimum absolute atomic E-state index is 0.410. The second-order valence-electron chi connectivity index (χ2n) is 3.00. The van der Waals surface area contributed by atoms with Crippen LogP contribution in [0.4, 0.5) is 0 Å². The highest BCUT2D eigenvalue weighted by Gasteiger charge is 2.16. The average molecular weight is 194 g/mol. The van der Waals surface area contributed by atoms with Crippen molar-refractivity contribution in [2.24, 2.45) is 0 Å². The summed E-state index contributed by atoms with van der Waals surface area (Å²) in [6.07, 6.45) is 1.31. The molecule has 0 spiro atoms. The molecule has 0 saturated heterocycles. The van der Waals surface area contributed by atoms with E-state index in [1.54, 1.807) is 6.07 Å². The molecule has 0 aliphatic carbocycles. The molecule has 2 rings (SSSR count). The Morgan fingerprint density at radius 3 is 3.15 bits per heavy atom. The molecule has 0 aromatic heterocycles. The van der Waals surface area contributed by atoms with Gasteiger partial charge in [-0.25, -0.2) is 0 Å². The molecule has 0 atom stereocenters. The van der Waals surface area contributed by atoms with Gasteiger partial charge < -0.3 is 4.74 Å². The lowest BCUT2D eigenvalue weighted by molar-refractivity contribution is 0.357. The summed E-state index contributed by atoms with van der Waals surface area (Å²) in [5.41, 5.74) is 2.09. The number of ether oxygens (including phenoxy) is 1. The second-order valence-corrected chi connectivity index (χ2v) is 3.41. The molecule has 1 aliphatic heterocycles. The zero-order valence-electron chi connectivity index (χ0n) is 7.01.